The predicted molar refractivity (Wildman–Crippen MR) is 218 cm³/mol. The van der Waals surface area contributed by atoms with Crippen LogP contribution in [0.25, 0.3) is 0 Å². The smallest absolute Gasteiger partial charge is 0.189 e. The predicted octanol–water partition coefficient (Wildman–Crippen LogP) is 5.54. The quantitative estimate of drug-likeness (QED) is 0.154. The highest BCUT2D eigenvalue weighted by molar-refractivity contribution is 8.77. The summed E-state index contributed by atoms with van der Waals surface area (Å²) in [6, 6.07) is 6.45. The lowest BCUT2D eigenvalue weighted by atomic mass is 9.46. The van der Waals surface area contributed by atoms with Gasteiger partial charge in [-0.2, -0.15) is 0 Å². The Kier molecular flexibility index (Phi) is 11.0. The fourth-order valence-corrected chi connectivity index (χ4v) is 18.2. The van der Waals surface area contributed by atoms with E-state index in [2.05, 4.69) is 47.9 Å². The minimum Gasteiger partial charge on any atom is -0.396 e. The molecule has 3 aliphatic heterocycles. The molecule has 0 saturated heterocycles. The zero-order chi connectivity index (χ0) is 36.3. The van der Waals surface area contributed by atoms with Crippen molar-refractivity contribution in [1.82, 2.24) is 10.6 Å². The third-order valence-electron chi connectivity index (χ3n) is 14.8. The summed E-state index contributed by atoms with van der Waals surface area (Å²) in [5.74, 6) is 6.03. The van der Waals surface area contributed by atoms with Crippen LogP contribution >= 0.6 is 43.2 Å². The number of nitrogens with one attached hydrogen (secondary N) is 2. The lowest BCUT2D eigenvalue weighted by molar-refractivity contribution is -0.129. The third-order valence-corrected chi connectivity index (χ3v) is 19.9. The zero-order valence-electron chi connectivity index (χ0n) is 30.5. The molecule has 3 heterocycles. The number of rotatable bonds is 7. The van der Waals surface area contributed by atoms with E-state index in [1.165, 1.54) is 11.1 Å². The van der Waals surface area contributed by atoms with Gasteiger partial charge in [-0.1, -0.05) is 86.0 Å². The molecule has 8 rings (SSSR count). The third kappa shape index (κ3) is 5.89. The minimum atomic E-state index is -0.379. The molecule has 284 valence electrons. The lowest BCUT2D eigenvalue weighted by Crippen LogP contribution is -2.67. The number of nitrogens with zero attached hydrogens (tertiary/aromatic N) is 1. The summed E-state index contributed by atoms with van der Waals surface area (Å²) >= 11 is 0. The maximum atomic E-state index is 14.9. The van der Waals surface area contributed by atoms with Gasteiger partial charge in [0.15, 0.2) is 11.7 Å². The highest BCUT2D eigenvalue weighted by Crippen LogP contribution is 2.77. The second kappa shape index (κ2) is 15.1. The molecule has 4 aliphatic carbocycles. The molecule has 0 aromatic heterocycles. The highest BCUT2D eigenvalue weighted by atomic mass is 33.1. The first kappa shape index (κ1) is 37.8. The summed E-state index contributed by atoms with van der Waals surface area (Å²) in [5.41, 5.74) is 11.9. The van der Waals surface area contributed by atoms with Crippen molar-refractivity contribution in [2.45, 2.75) is 70.1 Å². The Balaban J connectivity index is 1.27. The second-order valence-electron chi connectivity index (χ2n) is 16.8. The van der Waals surface area contributed by atoms with Crippen LogP contribution in [0.5, 0.6) is 0 Å². The van der Waals surface area contributed by atoms with Crippen LogP contribution in [0.3, 0.4) is 0 Å². The first-order valence-electron chi connectivity index (χ1n) is 19.4. The number of ketones is 1. The van der Waals surface area contributed by atoms with Crippen LogP contribution in [0.1, 0.15) is 68.1 Å². The number of hydrogen-bond donors (Lipinski definition) is 6. The zero-order valence-corrected chi connectivity index (χ0v) is 33.8. The van der Waals surface area contributed by atoms with Gasteiger partial charge in [0.05, 0.1) is 12.1 Å². The van der Waals surface area contributed by atoms with Gasteiger partial charge in [0.25, 0.3) is 0 Å². The molecule has 2 saturated carbocycles. The number of benzene rings is 1. The molecule has 11 atom stereocenters. The molecule has 1 aromatic carbocycles. The number of carbonyl (C=O) groups excluding carboxylic acids is 1. The van der Waals surface area contributed by atoms with Gasteiger partial charge in [0, 0.05) is 78.9 Å². The Morgan fingerprint density at radius 3 is 2.71 bits per heavy atom. The Morgan fingerprint density at radius 1 is 1.08 bits per heavy atom. The van der Waals surface area contributed by atoms with Crippen LogP contribution in [0.15, 0.2) is 46.5 Å². The van der Waals surface area contributed by atoms with Gasteiger partial charge >= 0.3 is 0 Å². The number of aliphatic imine (C=N–C) groups is 1. The van der Waals surface area contributed by atoms with Crippen LogP contribution in [-0.4, -0.2) is 82.4 Å². The van der Waals surface area contributed by atoms with E-state index in [9.17, 15) is 20.1 Å². The van der Waals surface area contributed by atoms with Crippen LogP contribution in [0.2, 0.25) is 0 Å². The summed E-state index contributed by atoms with van der Waals surface area (Å²) in [6.45, 7) is 4.17. The van der Waals surface area contributed by atoms with Gasteiger partial charge in [-0.05, 0) is 96.4 Å². The van der Waals surface area contributed by atoms with Crippen molar-refractivity contribution in [3.8, 4) is 0 Å². The van der Waals surface area contributed by atoms with Crippen LogP contribution in [0, 0.1) is 52.3 Å². The van der Waals surface area contributed by atoms with E-state index in [0.717, 1.165) is 78.4 Å². The summed E-state index contributed by atoms with van der Waals surface area (Å²) in [6.07, 6.45) is 10.0. The number of aliphatic hydroxyl groups is 3. The summed E-state index contributed by atoms with van der Waals surface area (Å²) in [7, 11) is 9.72. The van der Waals surface area contributed by atoms with E-state index in [4.69, 9.17) is 10.7 Å². The van der Waals surface area contributed by atoms with E-state index in [1.54, 1.807) is 0 Å². The number of hydrogen-bond acceptors (Lipinski definition) is 12. The van der Waals surface area contributed by atoms with Crippen molar-refractivity contribution in [1.29, 1.82) is 0 Å². The molecule has 0 radical (unpaired) electrons. The fraction of sp³-hybridized carbons (Fsp3) is 0.700. The molecule has 52 heavy (non-hydrogen) atoms. The first-order chi connectivity index (χ1) is 25.2. The average molecular weight is 785 g/mol. The van der Waals surface area contributed by atoms with Gasteiger partial charge in [-0.3, -0.25) is 9.79 Å². The number of guanidine groups is 1. The van der Waals surface area contributed by atoms with Crippen molar-refractivity contribution in [2.75, 3.05) is 49.8 Å². The molecule has 0 unspecified atom stereocenters. The largest absolute Gasteiger partial charge is 0.396 e. The van der Waals surface area contributed by atoms with Gasteiger partial charge in [-0.25, -0.2) is 0 Å². The summed E-state index contributed by atoms with van der Waals surface area (Å²) in [5, 5.41) is 39.0. The van der Waals surface area contributed by atoms with Gasteiger partial charge < -0.3 is 31.7 Å². The Hall–Kier alpha value is -1.12. The van der Waals surface area contributed by atoms with E-state index in [1.807, 2.05) is 50.2 Å². The minimum absolute atomic E-state index is 0.0130. The molecular weight excluding hydrogens is 729 g/mol. The van der Waals surface area contributed by atoms with Crippen molar-refractivity contribution < 1.29 is 20.1 Å². The van der Waals surface area contributed by atoms with Crippen molar-refractivity contribution in [3.63, 3.8) is 0 Å². The molecule has 7 N–H and O–H groups in total. The normalized spacial score (nSPS) is 41.4. The molecule has 2 fully saturated rings. The van der Waals surface area contributed by atoms with Crippen molar-refractivity contribution >= 4 is 54.9 Å². The lowest BCUT2D eigenvalue weighted by Gasteiger charge is -2.58. The van der Waals surface area contributed by atoms with Crippen molar-refractivity contribution in [2.24, 2.45) is 63.0 Å². The van der Waals surface area contributed by atoms with Crippen molar-refractivity contribution in [3.05, 3.63) is 58.2 Å². The molecule has 0 amide bonds. The maximum absolute atomic E-state index is 14.9. The Labute approximate surface area is 325 Å². The van der Waals surface area contributed by atoms with Gasteiger partial charge in [0.2, 0.25) is 0 Å². The molecule has 12 heteroatoms. The second-order valence-corrected chi connectivity index (χ2v) is 22.0. The first-order valence-corrected chi connectivity index (χ1v) is 24.3. The molecule has 6 bridgehead atoms. The molecule has 1 aromatic rings. The maximum Gasteiger partial charge on any atom is 0.189 e. The molecule has 7 aliphatic rings. The summed E-state index contributed by atoms with van der Waals surface area (Å²) in [4.78, 5) is 19.7. The van der Waals surface area contributed by atoms with Crippen LogP contribution < -0.4 is 16.4 Å². The number of allylic oxidation sites excluding steroid dienone is 3. The fourth-order valence-electron chi connectivity index (χ4n) is 12.6. The van der Waals surface area contributed by atoms with E-state index in [-0.39, 0.29) is 77.6 Å². The monoisotopic (exact) mass is 784 g/mol. The van der Waals surface area contributed by atoms with Gasteiger partial charge in [0.1, 0.15) is 0 Å². The molecular formula is C40H56N4O4S4. The Bertz CT molecular complexity index is 1640. The van der Waals surface area contributed by atoms with E-state index in [0.29, 0.717) is 30.6 Å². The van der Waals surface area contributed by atoms with Crippen LogP contribution in [-0.2, 0) is 17.9 Å². The standard InChI is InChI=1S/C40H56N4O4S4/c1-38-8-10-49-52-22-40-28(5-6-30(33(40)17-43-37(41)44-40)31-11-23(16-42-2)3-4-24(31)18-46)13-27-21-51-50-20-25(7-9-45)36-26(19-47)12-29(38)14-32-35(27)34(48)15-39(32,36)38/h3-6,11,25-30,33,36,42,45-47H,7-10,12-22H2,1-2H3,(H3,41,43,44)/t25-,26-,27+,28+,29-,30+,33-,36-,38+,39-,40+/m1/s1. The average Bonchev–Trinajstić information content (AvgIpc) is 3.47. The Morgan fingerprint density at radius 2 is 1.92 bits per heavy atom. The SMILES string of the molecule is CNCc1ccc(CO)c([C@@H]2C=C[C@H]3C[C@H]4CSSC[C@@H](CCO)[C@@H]5[C@@H](CO)C[C@@H]6CC7=C4C(=O)C[C@@]75[C@@]6(C)CCSSC[C@]34NC(N)=NC[C@H]24)c1. The van der Waals surface area contributed by atoms with E-state index >= 15 is 0 Å². The van der Waals surface area contributed by atoms with Crippen LogP contribution in [0.4, 0.5) is 0 Å². The van der Waals surface area contributed by atoms with Gasteiger partial charge in [-0.15, -0.1) is 0 Å². The number of carbonyl (C=O) groups is 1. The number of aliphatic hydroxyl groups excluding tert-OH is 3. The molecule has 2 spiro atoms. The number of Topliss-reactive ketones (excluding diaryl/α,β-unsaturated/α-hetero) is 1. The highest BCUT2D eigenvalue weighted by Gasteiger charge is 2.71. The number of nitrogens with two attached hydrogens (primary N) is 1. The molecule has 8 nitrogen and oxygen atoms in total. The topological polar surface area (TPSA) is 140 Å². The summed E-state index contributed by atoms with van der Waals surface area (Å²) < 4.78 is 0. The van der Waals surface area contributed by atoms with E-state index < -0.39 is 0 Å².